The number of amides is 1. The molecule has 0 unspecified atom stereocenters. The van der Waals surface area contributed by atoms with Gasteiger partial charge in [0.15, 0.2) is 0 Å². The van der Waals surface area contributed by atoms with Crippen molar-refractivity contribution in [1.82, 2.24) is 4.90 Å². The summed E-state index contributed by atoms with van der Waals surface area (Å²) in [5.41, 5.74) is 5.38. The van der Waals surface area contributed by atoms with Crippen molar-refractivity contribution in [1.29, 1.82) is 0 Å². The smallest absolute Gasteiger partial charge is 0.326 e. The molecule has 98 valence electrons. The molecule has 0 aromatic carbocycles. The second kappa shape index (κ2) is 4.62. The Labute approximate surface area is 100 Å². The number of carbonyl (C=O) groups excluding carboxylic acids is 1. The molecule has 0 aliphatic carbocycles. The van der Waals surface area contributed by atoms with Gasteiger partial charge in [-0.15, -0.1) is 0 Å². The average molecular weight is 244 g/mol. The van der Waals surface area contributed by atoms with Gasteiger partial charge in [0.05, 0.1) is 12.1 Å². The second-order valence-electron chi connectivity index (χ2n) is 5.58. The van der Waals surface area contributed by atoms with Gasteiger partial charge in [-0.1, -0.05) is 20.8 Å². The molecule has 1 aliphatic rings. The Balaban J connectivity index is 2.84. The fourth-order valence-corrected chi connectivity index (χ4v) is 1.84. The number of carboxylic acids is 1. The molecule has 6 heteroatoms. The van der Waals surface area contributed by atoms with Crippen molar-refractivity contribution in [3.05, 3.63) is 0 Å². The molecular formula is C11H20N2O4. The molecule has 1 saturated heterocycles. The molecule has 0 aromatic heterocycles. The summed E-state index contributed by atoms with van der Waals surface area (Å²) in [6, 6.07) is -1.74. The Morgan fingerprint density at radius 2 is 1.94 bits per heavy atom. The van der Waals surface area contributed by atoms with E-state index in [1.807, 2.05) is 20.8 Å². The van der Waals surface area contributed by atoms with Gasteiger partial charge in [-0.05, 0) is 5.41 Å². The molecule has 1 heterocycles. The number of nitrogens with zero attached hydrogens (tertiary/aromatic N) is 1. The van der Waals surface area contributed by atoms with Crippen LogP contribution in [-0.4, -0.2) is 51.7 Å². The Morgan fingerprint density at radius 1 is 1.41 bits per heavy atom. The van der Waals surface area contributed by atoms with Crippen molar-refractivity contribution >= 4 is 11.9 Å². The highest BCUT2D eigenvalue weighted by atomic mass is 16.4. The summed E-state index contributed by atoms with van der Waals surface area (Å²) in [6.07, 6.45) is -0.718. The van der Waals surface area contributed by atoms with Crippen LogP contribution in [0, 0.1) is 5.41 Å². The summed E-state index contributed by atoms with van der Waals surface area (Å²) >= 11 is 0. The third-order valence-electron chi connectivity index (χ3n) is 3.05. The maximum absolute atomic E-state index is 12.1. The molecule has 6 nitrogen and oxygen atoms in total. The lowest BCUT2D eigenvalue weighted by Gasteiger charge is -2.31. The average Bonchev–Trinajstić information content (AvgIpc) is 2.56. The topological polar surface area (TPSA) is 104 Å². The van der Waals surface area contributed by atoms with Crippen molar-refractivity contribution in [3.63, 3.8) is 0 Å². The first-order valence-electron chi connectivity index (χ1n) is 5.61. The van der Waals surface area contributed by atoms with Crippen molar-refractivity contribution in [2.75, 3.05) is 6.54 Å². The lowest BCUT2D eigenvalue weighted by molar-refractivity contribution is -0.149. The van der Waals surface area contributed by atoms with Crippen molar-refractivity contribution in [2.45, 2.75) is 45.4 Å². The number of aliphatic carboxylic acids is 1. The Bertz CT molecular complexity index is 324. The van der Waals surface area contributed by atoms with E-state index in [0.29, 0.717) is 0 Å². The number of carboxylic acid groups (broad SMARTS) is 1. The number of likely N-dealkylation sites (tertiary alicyclic amines) is 1. The van der Waals surface area contributed by atoms with Gasteiger partial charge in [0.2, 0.25) is 5.91 Å². The van der Waals surface area contributed by atoms with Crippen LogP contribution in [0.25, 0.3) is 0 Å². The summed E-state index contributed by atoms with van der Waals surface area (Å²) < 4.78 is 0. The van der Waals surface area contributed by atoms with Crippen LogP contribution in [0.3, 0.4) is 0 Å². The van der Waals surface area contributed by atoms with Crippen LogP contribution in [-0.2, 0) is 9.59 Å². The highest BCUT2D eigenvalue weighted by molar-refractivity contribution is 5.88. The minimum Gasteiger partial charge on any atom is -0.480 e. The molecule has 0 spiro atoms. The van der Waals surface area contributed by atoms with Crippen molar-refractivity contribution in [3.8, 4) is 0 Å². The lowest BCUT2D eigenvalue weighted by atomic mass is 9.86. The van der Waals surface area contributed by atoms with Crippen LogP contribution in [0.4, 0.5) is 0 Å². The predicted octanol–water partition coefficient (Wildman–Crippen LogP) is -0.594. The molecule has 0 aromatic rings. The first-order valence-corrected chi connectivity index (χ1v) is 5.61. The normalized spacial score (nSPS) is 27.0. The summed E-state index contributed by atoms with van der Waals surface area (Å²) in [7, 11) is 0. The predicted molar refractivity (Wildman–Crippen MR) is 61.2 cm³/mol. The van der Waals surface area contributed by atoms with Gasteiger partial charge in [-0.25, -0.2) is 4.79 Å². The largest absolute Gasteiger partial charge is 0.480 e. The van der Waals surface area contributed by atoms with Gasteiger partial charge in [-0.3, -0.25) is 4.79 Å². The molecule has 0 saturated carbocycles. The molecular weight excluding hydrogens is 224 g/mol. The number of rotatable bonds is 2. The number of β-amino-alcohol motifs (C(OH)–C–C–N with tert-alkyl or cyclic N) is 1. The molecule has 1 amide bonds. The number of nitrogens with two attached hydrogens (primary N) is 1. The highest BCUT2D eigenvalue weighted by Gasteiger charge is 2.42. The van der Waals surface area contributed by atoms with E-state index in [4.69, 9.17) is 10.8 Å². The summed E-state index contributed by atoms with van der Waals surface area (Å²) in [4.78, 5) is 24.2. The maximum Gasteiger partial charge on any atom is 0.326 e. The SMILES string of the molecule is CC(C)(C)[C@H](N)C(=O)N1C[C@@H](O)C[C@@H]1C(=O)O. The quantitative estimate of drug-likeness (QED) is 0.602. The molecule has 1 fully saturated rings. The minimum atomic E-state index is -1.10. The standard InChI is InChI=1S/C11H20N2O4/c1-11(2,3)8(12)9(15)13-5-6(14)4-7(13)10(16)17/h6-8,14H,4-5,12H2,1-3H3,(H,16,17)/t6-,7+,8+/m0/s1. The Kier molecular flexibility index (Phi) is 3.78. The van der Waals surface area contributed by atoms with Gasteiger partial charge >= 0.3 is 5.97 Å². The number of aliphatic hydroxyl groups excluding tert-OH is 1. The van der Waals surface area contributed by atoms with Crippen LogP contribution in [0.1, 0.15) is 27.2 Å². The molecule has 1 rings (SSSR count). The first-order chi connectivity index (χ1) is 7.64. The summed E-state index contributed by atoms with van der Waals surface area (Å²) in [5.74, 6) is -1.52. The van der Waals surface area contributed by atoms with E-state index in [1.165, 1.54) is 4.90 Å². The van der Waals surface area contributed by atoms with Gasteiger partial charge in [0.25, 0.3) is 0 Å². The van der Waals surface area contributed by atoms with E-state index < -0.39 is 35.5 Å². The van der Waals surface area contributed by atoms with Gasteiger partial charge in [0, 0.05) is 13.0 Å². The summed E-state index contributed by atoms with van der Waals surface area (Å²) in [5, 5.41) is 18.4. The van der Waals surface area contributed by atoms with Gasteiger partial charge in [-0.2, -0.15) is 0 Å². The van der Waals surface area contributed by atoms with E-state index >= 15 is 0 Å². The monoisotopic (exact) mass is 244 g/mol. The molecule has 3 atom stereocenters. The van der Waals surface area contributed by atoms with Crippen LogP contribution in [0.5, 0.6) is 0 Å². The highest BCUT2D eigenvalue weighted by Crippen LogP contribution is 2.24. The van der Waals surface area contributed by atoms with E-state index in [1.54, 1.807) is 0 Å². The zero-order valence-corrected chi connectivity index (χ0v) is 10.4. The van der Waals surface area contributed by atoms with Crippen LogP contribution < -0.4 is 5.73 Å². The maximum atomic E-state index is 12.1. The van der Waals surface area contributed by atoms with E-state index in [-0.39, 0.29) is 13.0 Å². The molecule has 0 bridgehead atoms. The van der Waals surface area contributed by atoms with Gasteiger partial charge in [0.1, 0.15) is 6.04 Å². The zero-order chi connectivity index (χ0) is 13.4. The second-order valence-corrected chi connectivity index (χ2v) is 5.58. The Hall–Kier alpha value is -1.14. The minimum absolute atomic E-state index is 0.0413. The van der Waals surface area contributed by atoms with E-state index in [0.717, 1.165) is 0 Å². The fraction of sp³-hybridized carbons (Fsp3) is 0.818. The van der Waals surface area contributed by atoms with Crippen LogP contribution in [0.15, 0.2) is 0 Å². The fourth-order valence-electron chi connectivity index (χ4n) is 1.84. The lowest BCUT2D eigenvalue weighted by Crippen LogP contribution is -2.53. The molecule has 4 N–H and O–H groups in total. The van der Waals surface area contributed by atoms with Crippen molar-refractivity contribution in [2.24, 2.45) is 11.1 Å². The third kappa shape index (κ3) is 2.95. The third-order valence-corrected chi connectivity index (χ3v) is 3.05. The van der Waals surface area contributed by atoms with Crippen LogP contribution >= 0.6 is 0 Å². The molecule has 17 heavy (non-hydrogen) atoms. The number of aliphatic hydroxyl groups is 1. The summed E-state index contributed by atoms with van der Waals surface area (Å²) in [6.45, 7) is 5.49. The molecule has 1 aliphatic heterocycles. The zero-order valence-electron chi connectivity index (χ0n) is 10.4. The van der Waals surface area contributed by atoms with Gasteiger partial charge < -0.3 is 20.8 Å². The molecule has 0 radical (unpaired) electrons. The van der Waals surface area contributed by atoms with E-state index in [9.17, 15) is 14.7 Å². The van der Waals surface area contributed by atoms with E-state index in [2.05, 4.69) is 0 Å². The van der Waals surface area contributed by atoms with Crippen LogP contribution in [0.2, 0.25) is 0 Å². The van der Waals surface area contributed by atoms with Crippen molar-refractivity contribution < 1.29 is 19.8 Å². The Morgan fingerprint density at radius 3 is 2.35 bits per heavy atom. The number of hydrogen-bond donors (Lipinski definition) is 3. The number of carbonyl (C=O) groups is 2. The number of hydrogen-bond acceptors (Lipinski definition) is 4. The first kappa shape index (κ1) is 13.9.